The van der Waals surface area contributed by atoms with Gasteiger partial charge in [0.25, 0.3) is 0 Å². The van der Waals surface area contributed by atoms with Gasteiger partial charge < -0.3 is 10.4 Å². The maximum Gasteiger partial charge on any atom is 0.340 e. The number of hydrogen-bond donors (Lipinski definition) is 2. The second kappa shape index (κ2) is 5.48. The van der Waals surface area contributed by atoms with Crippen LogP contribution in [0.4, 0.5) is 10.1 Å². The van der Waals surface area contributed by atoms with Crippen LogP contribution in [0, 0.1) is 12.7 Å². The normalized spacial score (nSPS) is 10.2. The van der Waals surface area contributed by atoms with Crippen LogP contribution in [0.15, 0.2) is 36.4 Å². The molecule has 0 atom stereocenters. The molecule has 0 radical (unpaired) electrons. The van der Waals surface area contributed by atoms with Crippen molar-refractivity contribution in [2.24, 2.45) is 0 Å². The number of aromatic nitrogens is 1. The van der Waals surface area contributed by atoms with Crippen LogP contribution in [0.3, 0.4) is 0 Å². The van der Waals surface area contributed by atoms with E-state index in [1.165, 1.54) is 12.1 Å². The van der Waals surface area contributed by atoms with Gasteiger partial charge in [0.15, 0.2) is 0 Å². The third-order valence-corrected chi connectivity index (χ3v) is 2.63. The SMILES string of the molecule is Cc1cccc(CNc2cccc(F)c2C(=O)O)n1. The molecule has 4 nitrogen and oxygen atoms in total. The van der Waals surface area contributed by atoms with Crippen molar-refractivity contribution in [3.05, 3.63) is 59.2 Å². The minimum absolute atomic E-state index is 0.246. The average Bonchev–Trinajstić information content (AvgIpc) is 2.36. The first kappa shape index (κ1) is 13.0. The summed E-state index contributed by atoms with van der Waals surface area (Å²) >= 11 is 0. The smallest absolute Gasteiger partial charge is 0.340 e. The number of pyridine rings is 1. The molecule has 1 aromatic carbocycles. The Labute approximate surface area is 109 Å². The highest BCUT2D eigenvalue weighted by Gasteiger charge is 2.15. The Kier molecular flexibility index (Phi) is 3.75. The Hall–Kier alpha value is -2.43. The third kappa shape index (κ3) is 3.07. The maximum absolute atomic E-state index is 13.5. The second-order valence-corrected chi connectivity index (χ2v) is 4.09. The number of halogens is 1. The molecular formula is C14H13FN2O2. The van der Waals surface area contributed by atoms with Gasteiger partial charge in [-0.3, -0.25) is 4.98 Å². The van der Waals surface area contributed by atoms with E-state index in [4.69, 9.17) is 5.11 Å². The Morgan fingerprint density at radius 2 is 2.05 bits per heavy atom. The number of aryl methyl sites for hydroxylation is 1. The molecule has 0 aliphatic heterocycles. The number of benzene rings is 1. The van der Waals surface area contributed by atoms with Gasteiger partial charge in [-0.1, -0.05) is 12.1 Å². The van der Waals surface area contributed by atoms with Crippen LogP contribution in [0.2, 0.25) is 0 Å². The number of aromatic carboxylic acids is 1. The number of carbonyl (C=O) groups is 1. The van der Waals surface area contributed by atoms with Crippen LogP contribution < -0.4 is 5.32 Å². The fraction of sp³-hybridized carbons (Fsp3) is 0.143. The maximum atomic E-state index is 13.5. The van der Waals surface area contributed by atoms with E-state index in [9.17, 15) is 9.18 Å². The topological polar surface area (TPSA) is 62.2 Å². The van der Waals surface area contributed by atoms with Crippen LogP contribution >= 0.6 is 0 Å². The van der Waals surface area contributed by atoms with Gasteiger partial charge >= 0.3 is 5.97 Å². The summed E-state index contributed by atoms with van der Waals surface area (Å²) < 4.78 is 13.5. The zero-order chi connectivity index (χ0) is 13.8. The molecule has 5 heteroatoms. The number of rotatable bonds is 4. The summed E-state index contributed by atoms with van der Waals surface area (Å²) in [6.07, 6.45) is 0. The van der Waals surface area contributed by atoms with Gasteiger partial charge in [-0.25, -0.2) is 9.18 Å². The number of hydrogen-bond acceptors (Lipinski definition) is 3. The van der Waals surface area contributed by atoms with Gasteiger partial charge in [-0.15, -0.1) is 0 Å². The third-order valence-electron chi connectivity index (χ3n) is 2.63. The van der Waals surface area contributed by atoms with Gasteiger partial charge in [0.2, 0.25) is 0 Å². The lowest BCUT2D eigenvalue weighted by molar-refractivity contribution is 0.0693. The molecule has 0 saturated heterocycles. The Morgan fingerprint density at radius 3 is 2.74 bits per heavy atom. The van der Waals surface area contributed by atoms with E-state index >= 15 is 0 Å². The summed E-state index contributed by atoms with van der Waals surface area (Å²) in [5.74, 6) is -2.05. The van der Waals surface area contributed by atoms with Gasteiger partial charge in [0.05, 0.1) is 17.9 Å². The van der Waals surface area contributed by atoms with Crippen molar-refractivity contribution in [2.75, 3.05) is 5.32 Å². The summed E-state index contributed by atoms with van der Waals surface area (Å²) in [6, 6.07) is 9.67. The van der Waals surface area contributed by atoms with Crippen LogP contribution in [0.5, 0.6) is 0 Å². The Morgan fingerprint density at radius 1 is 1.32 bits per heavy atom. The first-order chi connectivity index (χ1) is 9.08. The molecule has 0 aliphatic rings. The van der Waals surface area contributed by atoms with Crippen molar-refractivity contribution in [1.29, 1.82) is 0 Å². The van der Waals surface area contributed by atoms with Crippen LogP contribution in [-0.4, -0.2) is 16.1 Å². The van der Waals surface area contributed by atoms with E-state index in [0.29, 0.717) is 6.54 Å². The molecule has 0 aliphatic carbocycles. The monoisotopic (exact) mass is 260 g/mol. The number of nitrogens with zero attached hydrogens (tertiary/aromatic N) is 1. The quantitative estimate of drug-likeness (QED) is 0.887. The van der Waals surface area contributed by atoms with E-state index in [-0.39, 0.29) is 11.3 Å². The molecule has 0 bridgehead atoms. The van der Waals surface area contributed by atoms with Crippen LogP contribution in [0.1, 0.15) is 21.7 Å². The van der Waals surface area contributed by atoms with E-state index in [1.807, 2.05) is 25.1 Å². The second-order valence-electron chi connectivity index (χ2n) is 4.09. The summed E-state index contributed by atoms with van der Waals surface area (Å²) in [5, 5.41) is 11.9. The molecular weight excluding hydrogens is 247 g/mol. The van der Waals surface area contributed by atoms with Crippen LogP contribution in [0.25, 0.3) is 0 Å². The highest BCUT2D eigenvalue weighted by atomic mass is 19.1. The first-order valence-electron chi connectivity index (χ1n) is 5.76. The van der Waals surface area contributed by atoms with E-state index in [0.717, 1.165) is 17.5 Å². The molecule has 2 N–H and O–H groups in total. The molecule has 0 spiro atoms. The predicted molar refractivity (Wildman–Crippen MR) is 69.7 cm³/mol. The minimum Gasteiger partial charge on any atom is -0.478 e. The van der Waals surface area contributed by atoms with E-state index < -0.39 is 11.8 Å². The number of anilines is 1. The van der Waals surface area contributed by atoms with Crippen molar-refractivity contribution in [2.45, 2.75) is 13.5 Å². The number of carboxylic acids is 1. The zero-order valence-electron chi connectivity index (χ0n) is 10.4. The summed E-state index contributed by atoms with van der Waals surface area (Å²) in [7, 11) is 0. The van der Waals surface area contributed by atoms with Gasteiger partial charge in [0, 0.05) is 5.69 Å². The number of carboxylic acid groups (broad SMARTS) is 1. The molecule has 1 heterocycles. The molecule has 1 aromatic heterocycles. The average molecular weight is 260 g/mol. The van der Waals surface area contributed by atoms with Gasteiger partial charge in [-0.2, -0.15) is 0 Å². The minimum atomic E-state index is -1.29. The van der Waals surface area contributed by atoms with Crippen molar-refractivity contribution >= 4 is 11.7 Å². The highest BCUT2D eigenvalue weighted by molar-refractivity contribution is 5.94. The van der Waals surface area contributed by atoms with E-state index in [1.54, 1.807) is 0 Å². The van der Waals surface area contributed by atoms with Gasteiger partial charge in [-0.05, 0) is 31.2 Å². The lowest BCUT2D eigenvalue weighted by Crippen LogP contribution is -2.09. The zero-order valence-corrected chi connectivity index (χ0v) is 10.4. The standard InChI is InChI=1S/C14H13FN2O2/c1-9-4-2-5-10(17-9)8-16-12-7-3-6-11(15)13(12)14(18)19/h2-7,16H,8H2,1H3,(H,18,19). The summed E-state index contributed by atoms with van der Waals surface area (Å²) in [6.45, 7) is 2.21. The fourth-order valence-corrected chi connectivity index (χ4v) is 1.77. The van der Waals surface area contributed by atoms with Crippen LogP contribution in [-0.2, 0) is 6.54 Å². The molecule has 19 heavy (non-hydrogen) atoms. The van der Waals surface area contributed by atoms with Crippen molar-refractivity contribution < 1.29 is 14.3 Å². The van der Waals surface area contributed by atoms with Crippen molar-refractivity contribution in [3.63, 3.8) is 0 Å². The summed E-state index contributed by atoms with van der Waals surface area (Å²) in [5.41, 5.74) is 1.53. The molecule has 0 amide bonds. The molecule has 2 aromatic rings. The lowest BCUT2D eigenvalue weighted by atomic mass is 10.1. The Balaban J connectivity index is 2.20. The van der Waals surface area contributed by atoms with E-state index in [2.05, 4.69) is 10.3 Å². The predicted octanol–water partition coefficient (Wildman–Crippen LogP) is 2.84. The number of nitrogens with one attached hydrogen (secondary N) is 1. The molecule has 0 saturated carbocycles. The molecule has 0 unspecified atom stereocenters. The molecule has 98 valence electrons. The highest BCUT2D eigenvalue weighted by Crippen LogP contribution is 2.19. The molecule has 0 fully saturated rings. The fourth-order valence-electron chi connectivity index (χ4n) is 1.77. The first-order valence-corrected chi connectivity index (χ1v) is 5.76. The Bertz CT molecular complexity index is 614. The molecule has 2 rings (SSSR count). The van der Waals surface area contributed by atoms with Crippen molar-refractivity contribution in [3.8, 4) is 0 Å². The largest absolute Gasteiger partial charge is 0.478 e. The lowest BCUT2D eigenvalue weighted by Gasteiger charge is -2.10. The van der Waals surface area contributed by atoms with Crippen molar-refractivity contribution in [1.82, 2.24) is 4.98 Å². The summed E-state index contributed by atoms with van der Waals surface area (Å²) in [4.78, 5) is 15.3. The van der Waals surface area contributed by atoms with Gasteiger partial charge in [0.1, 0.15) is 11.4 Å².